The van der Waals surface area contributed by atoms with Crippen LogP contribution in [0.2, 0.25) is 0 Å². The van der Waals surface area contributed by atoms with Crippen molar-refractivity contribution in [3.8, 4) is 0 Å². The van der Waals surface area contributed by atoms with Crippen LogP contribution in [0.3, 0.4) is 0 Å². The van der Waals surface area contributed by atoms with Crippen LogP contribution in [0.25, 0.3) is 11.1 Å². The van der Waals surface area contributed by atoms with Gasteiger partial charge in [-0.3, -0.25) is 14.8 Å². The smallest absolute Gasteiger partial charge is 0.393 e. The number of Topliss-reactive ketones (excluding diaryl/α,β-unsaturated/α-hetero) is 1. The summed E-state index contributed by atoms with van der Waals surface area (Å²) >= 11 is 0. The molecule has 2 aliphatic rings. The molecule has 2 atom stereocenters. The van der Waals surface area contributed by atoms with Gasteiger partial charge in [-0.05, 0) is 42.9 Å². The van der Waals surface area contributed by atoms with E-state index in [1.54, 1.807) is 17.2 Å². The maximum Gasteiger partial charge on any atom is 0.393 e. The number of hydrogen-bond acceptors (Lipinski definition) is 8. The summed E-state index contributed by atoms with van der Waals surface area (Å²) in [5.74, 6) is -1.62. The summed E-state index contributed by atoms with van der Waals surface area (Å²) < 4.78 is 51.5. The van der Waals surface area contributed by atoms with Gasteiger partial charge in [0.1, 0.15) is 11.1 Å². The van der Waals surface area contributed by atoms with E-state index < -0.39 is 18.1 Å². The third kappa shape index (κ3) is 4.90. The van der Waals surface area contributed by atoms with E-state index in [2.05, 4.69) is 9.97 Å². The monoisotopic (exact) mass is 503 g/mol. The zero-order chi connectivity index (χ0) is 25.4. The van der Waals surface area contributed by atoms with Crippen molar-refractivity contribution in [1.29, 1.82) is 0 Å². The van der Waals surface area contributed by atoms with Crippen molar-refractivity contribution in [3.63, 3.8) is 0 Å². The molecule has 3 aromatic heterocycles. The molecule has 0 spiro atoms. The van der Waals surface area contributed by atoms with Crippen LogP contribution < -0.4 is 16.4 Å². The molecule has 2 aliphatic heterocycles. The molecule has 36 heavy (non-hydrogen) atoms. The molecular weight excluding hydrogens is 475 g/mol. The zero-order valence-electron chi connectivity index (χ0n) is 19.6. The number of carbonyl (C=O) groups excluding carboxylic acids is 1. The summed E-state index contributed by atoms with van der Waals surface area (Å²) in [5.41, 5.74) is 15.0. The second-order valence-corrected chi connectivity index (χ2v) is 9.59. The van der Waals surface area contributed by atoms with Crippen LogP contribution in [-0.2, 0) is 11.2 Å². The molecule has 0 aromatic carbocycles. The number of fused-ring (bicyclic) bond motifs is 1. The van der Waals surface area contributed by atoms with Crippen LogP contribution in [0.1, 0.15) is 46.7 Å². The molecule has 5 rings (SSSR count). The minimum absolute atomic E-state index is 0.0332. The van der Waals surface area contributed by atoms with Crippen LogP contribution in [-0.4, -0.2) is 54.3 Å². The summed E-state index contributed by atoms with van der Waals surface area (Å²) in [6.07, 6.45) is 1.90. The van der Waals surface area contributed by atoms with E-state index in [0.717, 1.165) is 18.4 Å². The Morgan fingerprint density at radius 2 is 1.97 bits per heavy atom. The van der Waals surface area contributed by atoms with Crippen LogP contribution in [0.4, 0.5) is 24.7 Å². The molecule has 0 saturated carbocycles. The number of halogens is 3. The number of nitrogens with two attached hydrogens (primary N) is 2. The molecule has 0 unspecified atom stereocenters. The number of nitrogen functional groups attached to an aromatic ring is 1. The fourth-order valence-electron chi connectivity index (χ4n) is 5.23. The molecule has 11 heteroatoms. The van der Waals surface area contributed by atoms with Gasteiger partial charge in [-0.1, -0.05) is 0 Å². The lowest BCUT2D eigenvalue weighted by Crippen LogP contribution is -2.51. The predicted molar refractivity (Wildman–Crippen MR) is 128 cm³/mol. The summed E-state index contributed by atoms with van der Waals surface area (Å²) in [6.45, 7) is 1.40. The Kier molecular flexibility index (Phi) is 6.60. The molecule has 8 nitrogen and oxygen atoms in total. The Morgan fingerprint density at radius 3 is 2.72 bits per heavy atom. The van der Waals surface area contributed by atoms with Gasteiger partial charge in [-0.25, -0.2) is 0 Å². The van der Waals surface area contributed by atoms with E-state index in [-0.39, 0.29) is 43.2 Å². The average Bonchev–Trinajstić information content (AvgIpc) is 3.19. The lowest BCUT2D eigenvalue weighted by Gasteiger charge is -2.39. The van der Waals surface area contributed by atoms with Crippen LogP contribution in [0.15, 0.2) is 35.1 Å². The number of aromatic nitrogens is 2. The van der Waals surface area contributed by atoms with Gasteiger partial charge in [0.05, 0.1) is 5.92 Å². The number of furan rings is 1. The number of alkyl halides is 3. The highest BCUT2D eigenvalue weighted by Crippen LogP contribution is 2.36. The normalized spacial score (nSPS) is 21.7. The Labute approximate surface area is 205 Å². The van der Waals surface area contributed by atoms with Crippen molar-refractivity contribution in [1.82, 2.24) is 9.97 Å². The first-order chi connectivity index (χ1) is 17.2. The summed E-state index contributed by atoms with van der Waals surface area (Å²) in [4.78, 5) is 23.6. The SMILES string of the molecule is Nc1oc2cc(C3CCOCC3)cnc2c1C(=O)Cc1cnccc1N1C[C@@H](N)C[C@@H](C(F)(F)F)C1. The number of piperidine rings is 1. The molecule has 192 valence electrons. The summed E-state index contributed by atoms with van der Waals surface area (Å²) in [7, 11) is 0. The van der Waals surface area contributed by atoms with Crippen molar-refractivity contribution in [3.05, 3.63) is 47.4 Å². The summed E-state index contributed by atoms with van der Waals surface area (Å²) in [5, 5.41) is 0. The van der Waals surface area contributed by atoms with E-state index in [0.29, 0.717) is 41.5 Å². The van der Waals surface area contributed by atoms with Gasteiger partial charge in [0.2, 0.25) is 5.88 Å². The number of hydrogen-bond donors (Lipinski definition) is 2. The quantitative estimate of drug-likeness (QED) is 0.504. The molecule has 0 radical (unpaired) electrons. The number of anilines is 2. The lowest BCUT2D eigenvalue weighted by molar-refractivity contribution is -0.177. The first kappa shape index (κ1) is 24.5. The number of carbonyl (C=O) groups is 1. The first-order valence-electron chi connectivity index (χ1n) is 12.0. The van der Waals surface area contributed by atoms with Gasteiger partial charge in [0.25, 0.3) is 0 Å². The molecular formula is C25H28F3N5O3. The standard InChI is InChI=1S/C25H28F3N5O3/c26-25(27,28)17-9-18(29)13-33(12-17)19-1-4-31-10-16(19)7-20(34)22-23-21(36-24(22)30)8-15(11-32-23)14-2-5-35-6-3-14/h1,4,8,10-11,14,17-18H,2-3,5-7,9,12-13,29-30H2/t17-,18+/m1/s1. The maximum absolute atomic E-state index is 13.5. The fourth-order valence-corrected chi connectivity index (χ4v) is 5.23. The maximum atomic E-state index is 13.5. The average molecular weight is 504 g/mol. The number of ether oxygens (including phenoxy) is 1. The molecule has 4 N–H and O–H groups in total. The fraction of sp³-hybridized carbons (Fsp3) is 0.480. The highest BCUT2D eigenvalue weighted by atomic mass is 19.4. The minimum atomic E-state index is -4.35. The van der Waals surface area contributed by atoms with Gasteiger partial charge >= 0.3 is 6.18 Å². The van der Waals surface area contributed by atoms with Crippen molar-refractivity contribution in [2.45, 2.75) is 43.8 Å². The van der Waals surface area contributed by atoms with Gasteiger partial charge in [-0.2, -0.15) is 13.2 Å². The second kappa shape index (κ2) is 9.70. The van der Waals surface area contributed by atoms with E-state index in [9.17, 15) is 18.0 Å². The van der Waals surface area contributed by atoms with Crippen LogP contribution in [0.5, 0.6) is 0 Å². The topological polar surface area (TPSA) is 120 Å². The Bertz CT molecular complexity index is 1260. The molecule has 0 aliphatic carbocycles. The van der Waals surface area contributed by atoms with Gasteiger partial charge in [-0.15, -0.1) is 0 Å². The van der Waals surface area contributed by atoms with Gasteiger partial charge in [0, 0.05) is 68.6 Å². The van der Waals surface area contributed by atoms with Crippen molar-refractivity contribution < 1.29 is 27.1 Å². The highest BCUT2D eigenvalue weighted by molar-refractivity contribution is 6.10. The minimum Gasteiger partial charge on any atom is -0.438 e. The summed E-state index contributed by atoms with van der Waals surface area (Å²) in [6, 6.07) is 2.85. The van der Waals surface area contributed by atoms with Crippen molar-refractivity contribution in [2.24, 2.45) is 11.7 Å². The number of rotatable bonds is 5. The third-order valence-electron chi connectivity index (χ3n) is 7.06. The number of nitrogens with zero attached hydrogens (tertiary/aromatic N) is 3. The Hall–Kier alpha value is -3.18. The molecule has 2 fully saturated rings. The van der Waals surface area contributed by atoms with E-state index in [4.69, 9.17) is 20.6 Å². The lowest BCUT2D eigenvalue weighted by atomic mass is 9.92. The van der Waals surface area contributed by atoms with Gasteiger partial charge in [0.15, 0.2) is 11.4 Å². The van der Waals surface area contributed by atoms with E-state index >= 15 is 0 Å². The van der Waals surface area contributed by atoms with E-state index in [1.165, 1.54) is 12.4 Å². The molecule has 5 heterocycles. The Balaban J connectivity index is 1.40. The molecule has 0 bridgehead atoms. The zero-order valence-corrected chi connectivity index (χ0v) is 19.6. The van der Waals surface area contributed by atoms with Crippen molar-refractivity contribution in [2.75, 3.05) is 36.9 Å². The third-order valence-corrected chi connectivity index (χ3v) is 7.06. The first-order valence-corrected chi connectivity index (χ1v) is 12.0. The predicted octanol–water partition coefficient (Wildman–Crippen LogP) is 3.84. The van der Waals surface area contributed by atoms with E-state index in [1.807, 2.05) is 6.07 Å². The number of ketones is 1. The highest BCUT2D eigenvalue weighted by Gasteiger charge is 2.44. The number of pyridine rings is 2. The Morgan fingerprint density at radius 1 is 1.19 bits per heavy atom. The molecule has 3 aromatic rings. The van der Waals surface area contributed by atoms with Gasteiger partial charge < -0.3 is 25.5 Å². The second-order valence-electron chi connectivity index (χ2n) is 9.59. The van der Waals surface area contributed by atoms with Crippen molar-refractivity contribution >= 4 is 28.5 Å². The largest absolute Gasteiger partial charge is 0.438 e. The molecule has 2 saturated heterocycles. The van der Waals surface area contributed by atoms with Crippen LogP contribution in [0, 0.1) is 5.92 Å². The molecule has 0 amide bonds. The van der Waals surface area contributed by atoms with Crippen LogP contribution >= 0.6 is 0 Å².